The van der Waals surface area contributed by atoms with E-state index in [1.165, 1.54) is 0 Å². The molecule has 0 saturated carbocycles. The Balaban J connectivity index is 1.59. The van der Waals surface area contributed by atoms with Crippen LogP contribution in [0.25, 0.3) is 0 Å². The van der Waals surface area contributed by atoms with E-state index < -0.39 is 17.7 Å². The molecule has 0 bridgehead atoms. The van der Waals surface area contributed by atoms with E-state index in [-0.39, 0.29) is 5.91 Å². The fraction of sp³-hybridized carbons (Fsp3) is 0.222. The number of hydrogen-bond donors (Lipinski definition) is 1. The minimum absolute atomic E-state index is 0.00866. The highest BCUT2D eigenvalue weighted by Crippen LogP contribution is 2.46. The highest BCUT2D eigenvalue weighted by molar-refractivity contribution is 6.09. The zero-order chi connectivity index (χ0) is 16.2. The summed E-state index contributed by atoms with van der Waals surface area (Å²) in [6.07, 6.45) is -0.800. The molecule has 1 saturated heterocycles. The van der Waals surface area contributed by atoms with Gasteiger partial charge in [0.05, 0.1) is 6.54 Å². The number of benzene rings is 2. The van der Waals surface area contributed by atoms with Crippen molar-refractivity contribution in [3.8, 4) is 0 Å². The van der Waals surface area contributed by atoms with Gasteiger partial charge in [0, 0.05) is 11.3 Å². The Morgan fingerprint density at radius 3 is 2.52 bits per heavy atom. The maximum absolute atomic E-state index is 12.5. The number of amides is 1. The predicted octanol–water partition coefficient (Wildman–Crippen LogP) is 2.55. The zero-order valence-corrected chi connectivity index (χ0v) is 12.5. The third-order valence-corrected chi connectivity index (χ3v) is 4.60. The lowest BCUT2D eigenvalue weighted by molar-refractivity contribution is -0.138. The van der Waals surface area contributed by atoms with Crippen LogP contribution < -0.4 is 4.90 Å². The standard InChI is InChI=1S/C18H15NO4/c1-18(15(23-18)17(21)22)12-6-8-13(9-7-12)19-10-11-4-2-3-5-14(11)16(19)20/h2-9,15H,10H2,1H3,(H,21,22)/t15-,18+/m1/s1. The maximum Gasteiger partial charge on any atom is 0.336 e. The van der Waals surface area contributed by atoms with E-state index in [2.05, 4.69) is 0 Å². The second-order valence-electron chi connectivity index (χ2n) is 6.04. The Morgan fingerprint density at radius 1 is 1.22 bits per heavy atom. The van der Waals surface area contributed by atoms with Gasteiger partial charge in [0.25, 0.3) is 5.91 Å². The number of rotatable bonds is 3. The van der Waals surface area contributed by atoms with Crippen LogP contribution in [0.1, 0.15) is 28.4 Å². The van der Waals surface area contributed by atoms with Crippen molar-refractivity contribution in [3.05, 3.63) is 65.2 Å². The van der Waals surface area contributed by atoms with Gasteiger partial charge >= 0.3 is 5.97 Å². The molecule has 1 amide bonds. The number of ether oxygens (including phenoxy) is 1. The van der Waals surface area contributed by atoms with Crippen LogP contribution in [0.4, 0.5) is 5.69 Å². The third kappa shape index (κ3) is 2.04. The van der Waals surface area contributed by atoms with Crippen molar-refractivity contribution in [1.29, 1.82) is 0 Å². The number of hydrogen-bond acceptors (Lipinski definition) is 3. The topological polar surface area (TPSA) is 70.1 Å². The molecule has 2 aliphatic rings. The zero-order valence-electron chi connectivity index (χ0n) is 12.5. The van der Waals surface area contributed by atoms with Crippen LogP contribution in [0.5, 0.6) is 0 Å². The lowest BCUT2D eigenvalue weighted by Gasteiger charge is -2.17. The van der Waals surface area contributed by atoms with E-state index in [9.17, 15) is 9.59 Å². The summed E-state index contributed by atoms with van der Waals surface area (Å²) in [5.41, 5.74) is 2.58. The molecule has 2 atom stereocenters. The molecule has 0 radical (unpaired) electrons. The average Bonchev–Trinajstić information content (AvgIpc) is 3.16. The second-order valence-corrected chi connectivity index (χ2v) is 6.04. The molecule has 5 nitrogen and oxygen atoms in total. The van der Waals surface area contributed by atoms with Gasteiger partial charge in [-0.2, -0.15) is 0 Å². The number of nitrogens with zero attached hydrogens (tertiary/aromatic N) is 1. The minimum Gasteiger partial charge on any atom is -0.479 e. The van der Waals surface area contributed by atoms with E-state index in [4.69, 9.17) is 9.84 Å². The molecule has 4 rings (SSSR count). The number of carbonyl (C=O) groups excluding carboxylic acids is 1. The van der Waals surface area contributed by atoms with Crippen LogP contribution in [0, 0.1) is 0 Å². The van der Waals surface area contributed by atoms with Crippen molar-refractivity contribution in [2.75, 3.05) is 4.90 Å². The van der Waals surface area contributed by atoms with Crippen molar-refractivity contribution in [2.24, 2.45) is 0 Å². The van der Waals surface area contributed by atoms with Gasteiger partial charge in [-0.15, -0.1) is 0 Å². The summed E-state index contributed by atoms with van der Waals surface area (Å²) in [6, 6.07) is 14.9. The highest BCUT2D eigenvalue weighted by Gasteiger charge is 2.58. The molecule has 1 N–H and O–H groups in total. The molecule has 1 fully saturated rings. The first-order valence-electron chi connectivity index (χ1n) is 7.41. The van der Waals surface area contributed by atoms with E-state index in [1.54, 1.807) is 11.8 Å². The molecule has 0 aliphatic carbocycles. The van der Waals surface area contributed by atoms with Gasteiger partial charge in [-0.05, 0) is 36.2 Å². The van der Waals surface area contributed by atoms with Crippen molar-refractivity contribution in [2.45, 2.75) is 25.2 Å². The molecule has 23 heavy (non-hydrogen) atoms. The summed E-state index contributed by atoms with van der Waals surface area (Å²) >= 11 is 0. The molecule has 116 valence electrons. The molecule has 0 aromatic heterocycles. The van der Waals surface area contributed by atoms with Crippen LogP contribution in [-0.2, 0) is 21.7 Å². The van der Waals surface area contributed by atoms with E-state index in [0.29, 0.717) is 6.54 Å². The van der Waals surface area contributed by atoms with Crippen LogP contribution in [0.2, 0.25) is 0 Å². The predicted molar refractivity (Wildman–Crippen MR) is 83.3 cm³/mol. The molecule has 2 aromatic rings. The first kappa shape index (κ1) is 14.0. The number of carboxylic acid groups (broad SMARTS) is 1. The second kappa shape index (κ2) is 4.67. The van der Waals surface area contributed by atoms with Crippen LogP contribution >= 0.6 is 0 Å². The smallest absolute Gasteiger partial charge is 0.336 e. The van der Waals surface area contributed by atoms with Gasteiger partial charge in [-0.25, -0.2) is 4.79 Å². The number of fused-ring (bicyclic) bond motifs is 1. The highest BCUT2D eigenvalue weighted by atomic mass is 16.6. The molecule has 2 aromatic carbocycles. The number of aliphatic carboxylic acids is 1. The molecule has 5 heteroatoms. The molecular formula is C18H15NO4. The van der Waals surface area contributed by atoms with Gasteiger partial charge < -0.3 is 14.7 Å². The van der Waals surface area contributed by atoms with Crippen LogP contribution in [-0.4, -0.2) is 23.1 Å². The monoisotopic (exact) mass is 309 g/mol. The minimum atomic E-state index is -0.957. The van der Waals surface area contributed by atoms with Gasteiger partial charge in [0.15, 0.2) is 6.10 Å². The SMILES string of the molecule is C[C@@]1(c2ccc(N3Cc4ccccc4C3=O)cc2)O[C@@H]1C(=O)O. The van der Waals surface area contributed by atoms with Crippen molar-refractivity contribution < 1.29 is 19.4 Å². The molecule has 2 aliphatic heterocycles. The Bertz CT molecular complexity index is 814. The molecule has 2 heterocycles. The lowest BCUT2D eigenvalue weighted by atomic mass is 9.97. The van der Waals surface area contributed by atoms with E-state index in [1.807, 2.05) is 48.5 Å². The molecular weight excluding hydrogens is 294 g/mol. The quantitative estimate of drug-likeness (QED) is 0.885. The normalized spacial score (nSPS) is 25.3. The van der Waals surface area contributed by atoms with Gasteiger partial charge in [-0.3, -0.25) is 4.79 Å². The van der Waals surface area contributed by atoms with Gasteiger partial charge in [-0.1, -0.05) is 30.3 Å². The number of carbonyl (C=O) groups is 2. The fourth-order valence-corrected chi connectivity index (χ4v) is 3.15. The van der Waals surface area contributed by atoms with Gasteiger partial charge in [0.1, 0.15) is 5.60 Å². The summed E-state index contributed by atoms with van der Waals surface area (Å²) in [5.74, 6) is -0.965. The first-order valence-corrected chi connectivity index (χ1v) is 7.41. The maximum atomic E-state index is 12.5. The number of epoxide rings is 1. The Hall–Kier alpha value is -2.66. The van der Waals surface area contributed by atoms with Crippen molar-refractivity contribution in [3.63, 3.8) is 0 Å². The van der Waals surface area contributed by atoms with E-state index in [0.717, 1.165) is 22.4 Å². The van der Waals surface area contributed by atoms with Crippen LogP contribution in [0.15, 0.2) is 48.5 Å². The number of carboxylic acids is 1. The summed E-state index contributed by atoms with van der Waals surface area (Å²) in [6.45, 7) is 2.32. The summed E-state index contributed by atoms with van der Waals surface area (Å²) in [7, 11) is 0. The van der Waals surface area contributed by atoms with Gasteiger partial charge in [0.2, 0.25) is 0 Å². The summed E-state index contributed by atoms with van der Waals surface area (Å²) in [4.78, 5) is 25.2. The Morgan fingerprint density at radius 2 is 1.91 bits per heavy atom. The van der Waals surface area contributed by atoms with Crippen molar-refractivity contribution in [1.82, 2.24) is 0 Å². The summed E-state index contributed by atoms with van der Waals surface area (Å²) in [5, 5.41) is 9.03. The number of anilines is 1. The van der Waals surface area contributed by atoms with Crippen LogP contribution in [0.3, 0.4) is 0 Å². The Kier molecular flexibility index (Phi) is 2.83. The average molecular weight is 309 g/mol. The molecule has 0 unspecified atom stereocenters. The largest absolute Gasteiger partial charge is 0.479 e. The van der Waals surface area contributed by atoms with E-state index >= 15 is 0 Å². The fourth-order valence-electron chi connectivity index (χ4n) is 3.15. The first-order chi connectivity index (χ1) is 11.0. The lowest BCUT2D eigenvalue weighted by Crippen LogP contribution is -2.23. The van der Waals surface area contributed by atoms with Crippen molar-refractivity contribution >= 4 is 17.6 Å². The Labute approximate surface area is 133 Å². The third-order valence-electron chi connectivity index (χ3n) is 4.60. The molecule has 0 spiro atoms. The summed E-state index contributed by atoms with van der Waals surface area (Å²) < 4.78 is 5.31.